The van der Waals surface area contributed by atoms with E-state index in [1.807, 2.05) is 39.2 Å². The molecule has 0 atom stereocenters. The Bertz CT molecular complexity index is 557. The highest BCUT2D eigenvalue weighted by atomic mass is 16.2. The first-order valence-electron chi connectivity index (χ1n) is 7.44. The predicted octanol–water partition coefficient (Wildman–Crippen LogP) is 2.33. The summed E-state index contributed by atoms with van der Waals surface area (Å²) < 4.78 is 1.76. The van der Waals surface area contributed by atoms with Crippen LogP contribution in [0.25, 0.3) is 12.2 Å². The van der Waals surface area contributed by atoms with Crippen LogP contribution >= 0.6 is 0 Å². The zero-order valence-corrected chi connectivity index (χ0v) is 13.8. The number of allylic oxidation sites excluding steroid dienone is 1. The van der Waals surface area contributed by atoms with E-state index in [1.165, 1.54) is 0 Å². The monoisotopic (exact) mass is 302 g/mol. The molecule has 1 aromatic rings. The highest BCUT2D eigenvalue weighted by Crippen LogP contribution is 2.13. The Morgan fingerprint density at radius 1 is 1.41 bits per heavy atom. The van der Waals surface area contributed by atoms with Crippen molar-refractivity contribution in [2.45, 2.75) is 13.3 Å². The number of nitrogens with zero attached hydrogens (tertiary/aromatic N) is 3. The summed E-state index contributed by atoms with van der Waals surface area (Å²) >= 11 is 0. The van der Waals surface area contributed by atoms with Gasteiger partial charge in [0.1, 0.15) is 0 Å². The van der Waals surface area contributed by atoms with Gasteiger partial charge in [-0.2, -0.15) is 0 Å². The Kier molecular flexibility index (Phi) is 7.32. The number of carbonyl (C=O) groups is 1. The molecule has 0 fully saturated rings. The summed E-state index contributed by atoms with van der Waals surface area (Å²) in [5, 5.41) is 2.91. The van der Waals surface area contributed by atoms with E-state index >= 15 is 0 Å². The molecule has 5 nitrogen and oxygen atoms in total. The van der Waals surface area contributed by atoms with Crippen molar-refractivity contribution in [1.82, 2.24) is 19.8 Å². The van der Waals surface area contributed by atoms with E-state index in [1.54, 1.807) is 10.6 Å². The fourth-order valence-electron chi connectivity index (χ4n) is 2.12. The van der Waals surface area contributed by atoms with Crippen LogP contribution in [0.3, 0.4) is 0 Å². The molecule has 0 saturated carbocycles. The lowest BCUT2D eigenvalue weighted by molar-refractivity contribution is 0.0936. The van der Waals surface area contributed by atoms with Gasteiger partial charge in [-0.3, -0.25) is 4.79 Å². The normalized spacial score (nSPS) is 11.1. The van der Waals surface area contributed by atoms with Gasteiger partial charge in [0.05, 0.1) is 11.4 Å². The molecule has 120 valence electrons. The summed E-state index contributed by atoms with van der Waals surface area (Å²) in [6.45, 7) is 11.7. The first-order chi connectivity index (χ1) is 10.5. The summed E-state index contributed by atoms with van der Waals surface area (Å²) in [4.78, 5) is 18.8. The molecule has 1 heterocycles. The van der Waals surface area contributed by atoms with E-state index in [9.17, 15) is 4.79 Å². The maximum Gasteiger partial charge on any atom is 0.287 e. The van der Waals surface area contributed by atoms with Crippen molar-refractivity contribution < 1.29 is 4.79 Å². The molecule has 0 bridgehead atoms. The fraction of sp³-hybridized carbons (Fsp3) is 0.412. The molecule has 0 aromatic carbocycles. The molecule has 0 aliphatic carbocycles. The van der Waals surface area contributed by atoms with E-state index in [-0.39, 0.29) is 5.91 Å². The molecule has 0 spiro atoms. The SMILES string of the molecule is C=CCCN(C)CCNC(=O)c1nc(/C=C\C)c(C=C)n1C. The van der Waals surface area contributed by atoms with Gasteiger partial charge in [0, 0.05) is 26.7 Å². The standard InChI is InChI=1S/C17H26N4O/c1-6-9-12-20(4)13-11-18-17(22)16-19-14(10-7-2)15(8-3)21(16)5/h6-8,10H,1,3,9,11-13H2,2,4-5H3,(H,18,22)/b10-7-. The van der Waals surface area contributed by atoms with Gasteiger partial charge in [-0.05, 0) is 32.5 Å². The van der Waals surface area contributed by atoms with E-state index in [0.717, 1.165) is 30.9 Å². The molecule has 0 aliphatic rings. The molecule has 1 rings (SSSR count). The second-order valence-corrected chi connectivity index (χ2v) is 5.11. The Morgan fingerprint density at radius 2 is 2.14 bits per heavy atom. The van der Waals surface area contributed by atoms with Crippen LogP contribution in [-0.4, -0.2) is 47.0 Å². The lowest BCUT2D eigenvalue weighted by Crippen LogP contribution is -2.34. The average Bonchev–Trinajstić information content (AvgIpc) is 2.81. The summed E-state index contributed by atoms with van der Waals surface area (Å²) in [6, 6.07) is 0. The van der Waals surface area contributed by atoms with Crippen LogP contribution in [0, 0.1) is 0 Å². The van der Waals surface area contributed by atoms with Crippen LogP contribution < -0.4 is 5.32 Å². The quantitative estimate of drug-likeness (QED) is 0.712. The molecule has 22 heavy (non-hydrogen) atoms. The van der Waals surface area contributed by atoms with Crippen LogP contribution in [0.2, 0.25) is 0 Å². The number of hydrogen-bond donors (Lipinski definition) is 1. The van der Waals surface area contributed by atoms with Crippen LogP contribution in [0.4, 0.5) is 0 Å². The van der Waals surface area contributed by atoms with Gasteiger partial charge in [0.25, 0.3) is 5.91 Å². The van der Waals surface area contributed by atoms with Crippen molar-refractivity contribution in [3.05, 3.63) is 42.5 Å². The van der Waals surface area contributed by atoms with Crippen molar-refractivity contribution >= 4 is 18.1 Å². The summed E-state index contributed by atoms with van der Waals surface area (Å²) in [6.07, 6.45) is 8.31. The van der Waals surface area contributed by atoms with Gasteiger partial charge >= 0.3 is 0 Å². The number of hydrogen-bond acceptors (Lipinski definition) is 3. The summed E-state index contributed by atoms with van der Waals surface area (Å²) in [5.41, 5.74) is 1.60. The minimum atomic E-state index is -0.168. The van der Waals surface area contributed by atoms with Gasteiger partial charge in [-0.1, -0.05) is 18.7 Å². The van der Waals surface area contributed by atoms with Crippen molar-refractivity contribution in [3.8, 4) is 0 Å². The second-order valence-electron chi connectivity index (χ2n) is 5.11. The van der Waals surface area contributed by atoms with Gasteiger partial charge < -0.3 is 14.8 Å². The Hall–Kier alpha value is -2.14. The number of nitrogens with one attached hydrogen (secondary N) is 1. The smallest absolute Gasteiger partial charge is 0.287 e. The van der Waals surface area contributed by atoms with E-state index in [4.69, 9.17) is 0 Å². The first kappa shape index (κ1) is 17.9. The maximum atomic E-state index is 12.3. The van der Waals surface area contributed by atoms with E-state index in [0.29, 0.717) is 12.4 Å². The summed E-state index contributed by atoms with van der Waals surface area (Å²) in [7, 11) is 3.85. The number of carbonyl (C=O) groups excluding carboxylic acids is 1. The molecular formula is C17H26N4O. The predicted molar refractivity (Wildman–Crippen MR) is 92.7 cm³/mol. The maximum absolute atomic E-state index is 12.3. The molecule has 5 heteroatoms. The lowest BCUT2D eigenvalue weighted by Gasteiger charge is -2.15. The van der Waals surface area contributed by atoms with Crippen molar-refractivity contribution in [2.75, 3.05) is 26.7 Å². The molecule has 0 unspecified atom stereocenters. The third-order valence-corrected chi connectivity index (χ3v) is 3.38. The number of likely N-dealkylation sites (N-methyl/N-ethyl adjacent to an activating group) is 1. The summed E-state index contributed by atoms with van der Waals surface area (Å²) in [5.74, 6) is 0.232. The minimum absolute atomic E-state index is 0.168. The molecular weight excluding hydrogens is 276 g/mol. The van der Waals surface area contributed by atoms with Crippen LogP contribution in [-0.2, 0) is 7.05 Å². The van der Waals surface area contributed by atoms with E-state index < -0.39 is 0 Å². The number of imidazole rings is 1. The van der Waals surface area contributed by atoms with E-state index in [2.05, 4.69) is 28.4 Å². The number of rotatable bonds is 9. The zero-order valence-electron chi connectivity index (χ0n) is 13.8. The van der Waals surface area contributed by atoms with Gasteiger partial charge in [0.15, 0.2) is 5.82 Å². The number of aromatic nitrogens is 2. The van der Waals surface area contributed by atoms with Crippen LogP contribution in [0.5, 0.6) is 0 Å². The molecule has 1 N–H and O–H groups in total. The molecule has 0 aliphatic heterocycles. The second kappa shape index (κ2) is 9.00. The molecule has 0 saturated heterocycles. The molecule has 1 amide bonds. The largest absolute Gasteiger partial charge is 0.348 e. The number of amides is 1. The third-order valence-electron chi connectivity index (χ3n) is 3.38. The van der Waals surface area contributed by atoms with Gasteiger partial charge in [-0.15, -0.1) is 6.58 Å². The average molecular weight is 302 g/mol. The Morgan fingerprint density at radius 3 is 2.73 bits per heavy atom. The Balaban J connectivity index is 2.66. The van der Waals surface area contributed by atoms with Crippen LogP contribution in [0.1, 0.15) is 35.4 Å². The van der Waals surface area contributed by atoms with Gasteiger partial charge in [-0.25, -0.2) is 4.98 Å². The van der Waals surface area contributed by atoms with Crippen molar-refractivity contribution in [1.29, 1.82) is 0 Å². The van der Waals surface area contributed by atoms with Gasteiger partial charge in [0.2, 0.25) is 0 Å². The minimum Gasteiger partial charge on any atom is -0.348 e. The van der Waals surface area contributed by atoms with Crippen LogP contribution in [0.15, 0.2) is 25.3 Å². The topological polar surface area (TPSA) is 50.2 Å². The molecule has 1 aromatic heterocycles. The molecule has 0 radical (unpaired) electrons. The highest BCUT2D eigenvalue weighted by molar-refractivity contribution is 5.91. The lowest BCUT2D eigenvalue weighted by atomic mass is 10.3. The Labute approximate surface area is 133 Å². The van der Waals surface area contributed by atoms with Crippen molar-refractivity contribution in [2.24, 2.45) is 7.05 Å². The highest BCUT2D eigenvalue weighted by Gasteiger charge is 2.16. The van der Waals surface area contributed by atoms with Crippen molar-refractivity contribution in [3.63, 3.8) is 0 Å². The third kappa shape index (κ3) is 4.70. The fourth-order valence-corrected chi connectivity index (χ4v) is 2.12. The zero-order chi connectivity index (χ0) is 16.5. The first-order valence-corrected chi connectivity index (χ1v) is 7.44.